The summed E-state index contributed by atoms with van der Waals surface area (Å²) in [5.74, 6) is 7.78. The lowest BCUT2D eigenvalue weighted by molar-refractivity contribution is -0.130. The lowest BCUT2D eigenvalue weighted by Crippen LogP contribution is -2.46. The highest BCUT2D eigenvalue weighted by molar-refractivity contribution is 7.15. The molecule has 7 aromatic heterocycles. The number of nitrogens with zero attached hydrogens (tertiary/aromatic N) is 10. The number of thiazole rings is 6. The Morgan fingerprint density at radius 1 is 0.786 bits per heavy atom. The molecular weight excluding hydrogens is 1200 g/mol. The average molecular weight is 1250 g/mol. The molecule has 0 saturated heterocycles. The minimum Gasteiger partial charge on any atom is -0.386 e. The molecular formula is C51H51N17O10S6. The van der Waals surface area contributed by atoms with Gasteiger partial charge in [0.2, 0.25) is 11.8 Å². The predicted octanol–water partition coefficient (Wildman–Crippen LogP) is 6.29. The molecule has 0 saturated carbocycles. The fraction of sp³-hybridized carbons (Fsp3) is 0.294. The Hall–Kier alpha value is -8.12. The Labute approximate surface area is 501 Å². The lowest BCUT2D eigenvalue weighted by atomic mass is 10.0. The molecule has 10 N–H and O–H groups in total. The topological polar surface area (TPSA) is 387 Å². The van der Waals surface area contributed by atoms with E-state index in [4.69, 9.17) is 36.4 Å². The van der Waals surface area contributed by atoms with Crippen LogP contribution in [0, 0.1) is 17.7 Å². The van der Waals surface area contributed by atoms with Crippen LogP contribution in [0.3, 0.4) is 0 Å². The normalized spacial score (nSPS) is 16.3. The van der Waals surface area contributed by atoms with E-state index in [2.05, 4.69) is 46.7 Å². The van der Waals surface area contributed by atoms with E-state index in [0.29, 0.717) is 68.7 Å². The summed E-state index contributed by atoms with van der Waals surface area (Å²) in [6.07, 6.45) is -1.96. The maximum atomic E-state index is 14.3. The van der Waals surface area contributed by atoms with Crippen molar-refractivity contribution in [3.63, 3.8) is 0 Å². The van der Waals surface area contributed by atoms with Gasteiger partial charge >= 0.3 is 6.03 Å². The minimum atomic E-state index is -1.34. The van der Waals surface area contributed by atoms with E-state index in [1.54, 1.807) is 65.5 Å². The number of nitroso groups, excluding NO2 is 1. The van der Waals surface area contributed by atoms with Gasteiger partial charge in [0, 0.05) is 64.3 Å². The zero-order chi connectivity index (χ0) is 59.9. The summed E-state index contributed by atoms with van der Waals surface area (Å²) in [5, 5.41) is 38.1. The van der Waals surface area contributed by atoms with Crippen LogP contribution < -0.4 is 38.3 Å². The van der Waals surface area contributed by atoms with Crippen molar-refractivity contribution in [3.05, 3.63) is 116 Å². The van der Waals surface area contributed by atoms with Crippen LogP contribution in [0.5, 0.6) is 0 Å². The number of aromatic nitrogens is 7. The first-order valence-corrected chi connectivity index (χ1v) is 30.4. The van der Waals surface area contributed by atoms with Gasteiger partial charge in [-0.1, -0.05) is 44.2 Å². The van der Waals surface area contributed by atoms with E-state index >= 15 is 0 Å². The number of nitrogens with two attached hydrogens (primary N) is 2. The van der Waals surface area contributed by atoms with Gasteiger partial charge in [-0.2, -0.15) is 0 Å². The van der Waals surface area contributed by atoms with E-state index in [1.165, 1.54) is 30.9 Å². The number of aliphatic hydroxyl groups is 1. The summed E-state index contributed by atoms with van der Waals surface area (Å²) in [6.45, 7) is 4.49. The molecule has 8 aromatic rings. The molecule has 4 atom stereocenters. The van der Waals surface area contributed by atoms with Gasteiger partial charge in [0.05, 0.1) is 35.7 Å². The van der Waals surface area contributed by atoms with Crippen LogP contribution in [0.4, 0.5) is 10.6 Å². The second-order valence-corrected chi connectivity index (χ2v) is 24.7. The van der Waals surface area contributed by atoms with Crippen LogP contribution in [0.25, 0.3) is 43.4 Å². The Morgan fingerprint density at radius 3 is 2.23 bits per heavy atom. The number of hydrazine groups is 2. The van der Waals surface area contributed by atoms with Crippen molar-refractivity contribution in [2.24, 2.45) is 22.8 Å². The molecule has 0 fully saturated rings. The first-order valence-electron chi connectivity index (χ1n) is 25.2. The number of aliphatic hydroxyl groups excluding tert-OH is 1. The van der Waals surface area contributed by atoms with Crippen molar-refractivity contribution in [1.82, 2.24) is 66.2 Å². The number of rotatable bonds is 12. The third-order valence-corrected chi connectivity index (χ3v) is 18.2. The number of benzene rings is 1. The molecule has 10 bridgehead atoms. The van der Waals surface area contributed by atoms with Crippen molar-refractivity contribution < 1.29 is 43.4 Å². The van der Waals surface area contributed by atoms with Crippen LogP contribution in [0.2, 0.25) is 0 Å². The lowest BCUT2D eigenvalue weighted by Gasteiger charge is -2.24. The number of methoxy groups -OCH3 is 1. The molecule has 436 valence electrons. The number of pyridine rings is 1. The fourth-order valence-electron chi connectivity index (χ4n) is 8.26. The van der Waals surface area contributed by atoms with Crippen molar-refractivity contribution in [3.8, 4) is 43.4 Å². The largest absolute Gasteiger partial charge is 0.386 e. The van der Waals surface area contributed by atoms with Crippen LogP contribution in [-0.4, -0.2) is 119 Å². The summed E-state index contributed by atoms with van der Waals surface area (Å²) < 4.78 is 5.44. The Kier molecular flexibility index (Phi) is 19.2. The van der Waals surface area contributed by atoms with Gasteiger partial charge < -0.3 is 31.1 Å². The van der Waals surface area contributed by atoms with E-state index in [-0.39, 0.29) is 64.8 Å². The second-order valence-electron chi connectivity index (χ2n) is 18.9. The SMILES string of the molecule is COCc1sc2nc1C(=O)N(N)CC(=O)N[C@@H]([C@@H](O)c1ccccc1)c1nc(cs1)-c1nc(cs1)-c1nc(-c3nc(NC(=O)NCCC(=O)N=O)cs3)ccc1-c1nc(cs1)C(=O)N[C@@H](CC(=O)N(C)N)c1nc(c(C)s1)C(=O)N[C@H]2C(C)C. The highest BCUT2D eigenvalue weighted by Gasteiger charge is 2.34. The molecule has 84 heavy (non-hydrogen) atoms. The maximum Gasteiger partial charge on any atom is 0.320 e. The molecule has 33 heteroatoms. The molecule has 0 aliphatic carbocycles. The Balaban J connectivity index is 1.12. The van der Waals surface area contributed by atoms with Crippen molar-refractivity contribution in [2.45, 2.75) is 64.4 Å². The number of hydrogen-bond acceptors (Lipinski definition) is 25. The zero-order valence-electron chi connectivity index (χ0n) is 45.0. The molecule has 1 aromatic carbocycles. The summed E-state index contributed by atoms with van der Waals surface area (Å²) in [7, 11) is 2.79. The fourth-order valence-corrected chi connectivity index (χ4v) is 13.8. The molecule has 1 aliphatic rings. The molecule has 8 heterocycles. The third-order valence-electron chi connectivity index (χ3n) is 12.5. The van der Waals surface area contributed by atoms with Crippen LogP contribution in [-0.2, 0) is 25.7 Å². The van der Waals surface area contributed by atoms with Gasteiger partial charge in [0.15, 0.2) is 0 Å². The number of amides is 8. The first kappa shape index (κ1) is 60.5. The summed E-state index contributed by atoms with van der Waals surface area (Å²) in [4.78, 5) is 139. The van der Waals surface area contributed by atoms with Crippen LogP contribution in [0.15, 0.2) is 69.2 Å². The highest BCUT2D eigenvalue weighted by Crippen LogP contribution is 2.40. The van der Waals surface area contributed by atoms with E-state index in [0.717, 1.165) is 61.7 Å². The van der Waals surface area contributed by atoms with Gasteiger partial charge in [0.1, 0.15) is 88.7 Å². The number of nitrogens with one attached hydrogen (secondary N) is 5. The van der Waals surface area contributed by atoms with Gasteiger partial charge in [0.25, 0.3) is 23.6 Å². The predicted molar refractivity (Wildman–Crippen MR) is 315 cm³/mol. The number of carbonyl (C=O) groups excluding carboxylic acids is 7. The van der Waals surface area contributed by atoms with E-state index in [1.807, 2.05) is 13.8 Å². The number of urea groups is 1. The molecule has 8 amide bonds. The van der Waals surface area contributed by atoms with E-state index < -0.39 is 72.2 Å². The van der Waals surface area contributed by atoms with Crippen LogP contribution in [0.1, 0.15) is 113 Å². The van der Waals surface area contributed by atoms with Gasteiger partial charge in [-0.25, -0.2) is 51.4 Å². The molecule has 0 unspecified atom stereocenters. The van der Waals surface area contributed by atoms with Gasteiger partial charge in [-0.15, -0.1) is 72.9 Å². The molecule has 0 radical (unpaired) electrons. The maximum absolute atomic E-state index is 14.3. The Bertz CT molecular complexity index is 3780. The number of ether oxygens (including phenoxy) is 1. The zero-order valence-corrected chi connectivity index (χ0v) is 49.9. The third kappa shape index (κ3) is 13.9. The average Bonchev–Trinajstić information content (AvgIpc) is 4.02. The van der Waals surface area contributed by atoms with Gasteiger partial charge in [-0.05, 0) is 30.5 Å². The van der Waals surface area contributed by atoms with Gasteiger partial charge in [-0.3, -0.25) is 44.1 Å². The molecule has 0 spiro atoms. The Morgan fingerprint density at radius 2 is 1.49 bits per heavy atom. The number of fused-ring (bicyclic) bond motifs is 14. The van der Waals surface area contributed by atoms with Crippen LogP contribution >= 0.6 is 68.0 Å². The number of anilines is 1. The molecule has 27 nitrogen and oxygen atoms in total. The van der Waals surface area contributed by atoms with Crippen molar-refractivity contribution in [1.29, 1.82) is 0 Å². The molecule has 1 aliphatic heterocycles. The quantitative estimate of drug-likeness (QED) is 0.0288. The van der Waals surface area contributed by atoms with Crippen molar-refractivity contribution in [2.75, 3.05) is 32.6 Å². The summed E-state index contributed by atoms with van der Waals surface area (Å²) in [5.41, 5.74) is 2.17. The smallest absolute Gasteiger partial charge is 0.320 e. The number of carbonyl (C=O) groups is 7. The number of hydrogen-bond donors (Lipinski definition) is 8. The number of aryl methyl sites for hydroxylation is 1. The van der Waals surface area contributed by atoms with Crippen molar-refractivity contribution >= 4 is 115 Å². The first-order chi connectivity index (χ1) is 40.3. The molecule has 9 rings (SSSR count). The summed E-state index contributed by atoms with van der Waals surface area (Å²) >= 11 is 6.86. The van der Waals surface area contributed by atoms with E-state index in [9.17, 15) is 43.6 Å². The highest BCUT2D eigenvalue weighted by atomic mass is 32.1. The second kappa shape index (κ2) is 26.6. The minimum absolute atomic E-state index is 0.00514. The summed E-state index contributed by atoms with van der Waals surface area (Å²) in [6, 6.07) is 8.32. The standard InChI is InChI=1S/C51H51N17O10S6/c1-22(2)36-49-65-39(31(84-49)17-78-5)50(75)68(53)16-34(70)62-40(41(72)24-9-7-6-8-10-24)48-59-30(20-81-48)46-57-28(18-80-46)38-25(11-12-26(55-38)45-60-32(21-82-45)61-51(76)54-14-13-33(69)66-77)44-58-29(19-79-44)42(73)56-27(15-35(71)67(4)52)47-64-37(23(3)83-47)43(74)63-36/h6-12,18-22,27,36,40-41,72H,13-17,52-53H2,1-5H3,(H,56,73)(H,62,70)(H,63,74)(H2,54,61,76)/t27-,36-,40-,41-/m0/s1. The monoisotopic (exact) mass is 1250 g/mol.